The number of para-hydroxylation sites is 1. The minimum absolute atomic E-state index is 0.196. The molecule has 0 radical (unpaired) electrons. The second-order valence-electron chi connectivity index (χ2n) is 8.45. The zero-order valence-corrected chi connectivity index (χ0v) is 20.1. The van der Waals surface area contributed by atoms with Crippen molar-refractivity contribution >= 4 is 40.6 Å². The van der Waals surface area contributed by atoms with Gasteiger partial charge in [0.1, 0.15) is 5.82 Å². The van der Waals surface area contributed by atoms with Crippen molar-refractivity contribution < 1.29 is 4.79 Å². The number of carbonyl (C=O) groups excluding carboxylic acids is 1. The van der Waals surface area contributed by atoms with Gasteiger partial charge in [-0.05, 0) is 80.7 Å². The van der Waals surface area contributed by atoms with Crippen molar-refractivity contribution in [2.45, 2.75) is 25.8 Å². The number of benzene rings is 2. The summed E-state index contributed by atoms with van der Waals surface area (Å²) in [6.07, 6.45) is 3.74. The molecule has 172 valence electrons. The average Bonchev–Trinajstić information content (AvgIpc) is 2.84. The fourth-order valence-electron chi connectivity index (χ4n) is 4.24. The fourth-order valence-corrected chi connectivity index (χ4v) is 4.56. The number of nitrogens with zero attached hydrogens (tertiary/aromatic N) is 2. The maximum Gasteiger partial charge on any atom is 0.258 e. The monoisotopic (exact) mass is 482 g/mol. The van der Waals surface area contributed by atoms with Crippen molar-refractivity contribution in [2.24, 2.45) is 5.92 Å². The average molecular weight is 483 g/mol. The highest BCUT2D eigenvalue weighted by Gasteiger charge is 2.24. The molecule has 1 amide bonds. The molecule has 7 heteroatoms. The molecule has 1 atom stereocenters. The number of hydrogen-bond acceptors (Lipinski definition) is 4. The van der Waals surface area contributed by atoms with E-state index in [9.17, 15) is 4.79 Å². The van der Waals surface area contributed by atoms with Crippen molar-refractivity contribution in [3.63, 3.8) is 0 Å². The number of carbonyl (C=O) groups is 1. The highest BCUT2D eigenvalue weighted by molar-refractivity contribution is 6.30. The zero-order chi connectivity index (χ0) is 23.2. The predicted octanol–water partition coefficient (Wildman–Crippen LogP) is 6.53. The molecular formula is C26H28Cl2N4O. The lowest BCUT2D eigenvalue weighted by molar-refractivity contribution is 0.102. The molecule has 0 bridgehead atoms. The van der Waals surface area contributed by atoms with Gasteiger partial charge < -0.3 is 10.6 Å². The van der Waals surface area contributed by atoms with Gasteiger partial charge in [-0.3, -0.25) is 9.69 Å². The quantitative estimate of drug-likeness (QED) is 0.402. The minimum Gasteiger partial charge on any atom is -0.384 e. The first-order valence-corrected chi connectivity index (χ1v) is 12.0. The Labute approximate surface area is 205 Å². The van der Waals surface area contributed by atoms with Crippen LogP contribution in [0.1, 0.15) is 41.7 Å². The van der Waals surface area contributed by atoms with Gasteiger partial charge >= 0.3 is 0 Å². The molecule has 1 unspecified atom stereocenters. The Bertz CT molecular complexity index is 1080. The summed E-state index contributed by atoms with van der Waals surface area (Å²) in [5.74, 6) is 0.834. The largest absolute Gasteiger partial charge is 0.384 e. The molecule has 33 heavy (non-hydrogen) atoms. The van der Waals surface area contributed by atoms with Gasteiger partial charge in [-0.1, -0.05) is 47.5 Å². The maximum absolute atomic E-state index is 12.8. The molecule has 5 nitrogen and oxygen atoms in total. The van der Waals surface area contributed by atoms with Gasteiger partial charge in [0, 0.05) is 29.5 Å². The Balaban J connectivity index is 1.31. The van der Waals surface area contributed by atoms with E-state index in [1.165, 1.54) is 11.8 Å². The topological polar surface area (TPSA) is 57.3 Å². The number of hydrogen-bond donors (Lipinski definition) is 2. The summed E-state index contributed by atoms with van der Waals surface area (Å²) in [5.41, 5.74) is 2.69. The van der Waals surface area contributed by atoms with Gasteiger partial charge in [0.15, 0.2) is 0 Å². The molecule has 2 heterocycles. The Morgan fingerprint density at radius 3 is 2.58 bits per heavy atom. The number of pyridine rings is 1. The second-order valence-corrected chi connectivity index (χ2v) is 9.33. The molecule has 0 aliphatic carbocycles. The van der Waals surface area contributed by atoms with Crippen LogP contribution in [-0.2, 0) is 0 Å². The third kappa shape index (κ3) is 6.26. The predicted molar refractivity (Wildman–Crippen MR) is 136 cm³/mol. The molecule has 2 aromatic carbocycles. The van der Waals surface area contributed by atoms with E-state index in [2.05, 4.69) is 39.6 Å². The van der Waals surface area contributed by atoms with Gasteiger partial charge in [0.05, 0.1) is 10.6 Å². The number of piperidine rings is 1. The number of halogens is 2. The maximum atomic E-state index is 12.8. The Hall–Kier alpha value is -2.60. The molecule has 4 rings (SSSR count). The van der Waals surface area contributed by atoms with Crippen molar-refractivity contribution in [3.05, 3.63) is 88.0 Å². The molecule has 3 aromatic rings. The van der Waals surface area contributed by atoms with Crippen LogP contribution in [0.25, 0.3) is 0 Å². The zero-order valence-electron chi connectivity index (χ0n) is 18.6. The molecule has 1 saturated heterocycles. The molecular weight excluding hydrogens is 455 g/mol. The van der Waals surface area contributed by atoms with Crippen LogP contribution in [0.2, 0.25) is 10.0 Å². The third-order valence-electron chi connectivity index (χ3n) is 6.25. The SMILES string of the molecule is CC(c1cccc(Cl)c1)N1CCC(CNc2ccccc2C(=O)Nc2ccc(Cl)cn2)CC1. The van der Waals surface area contributed by atoms with Crippen molar-refractivity contribution in [1.82, 2.24) is 9.88 Å². The van der Waals surface area contributed by atoms with Crippen LogP contribution in [0, 0.1) is 5.92 Å². The van der Waals surface area contributed by atoms with Crippen LogP contribution in [0.15, 0.2) is 66.9 Å². The van der Waals surface area contributed by atoms with E-state index in [0.29, 0.717) is 28.4 Å². The summed E-state index contributed by atoms with van der Waals surface area (Å²) >= 11 is 12.0. The normalized spacial score (nSPS) is 15.7. The van der Waals surface area contributed by atoms with Crippen LogP contribution in [0.3, 0.4) is 0 Å². The third-order valence-corrected chi connectivity index (χ3v) is 6.71. The Morgan fingerprint density at radius 1 is 1.06 bits per heavy atom. The summed E-state index contributed by atoms with van der Waals surface area (Å²) in [4.78, 5) is 19.5. The van der Waals surface area contributed by atoms with Crippen LogP contribution >= 0.6 is 23.2 Å². The minimum atomic E-state index is -0.196. The number of aromatic nitrogens is 1. The lowest BCUT2D eigenvalue weighted by atomic mass is 9.94. The van der Waals surface area contributed by atoms with Gasteiger partial charge in [-0.25, -0.2) is 4.98 Å². The lowest BCUT2D eigenvalue weighted by Gasteiger charge is -2.36. The lowest BCUT2D eigenvalue weighted by Crippen LogP contribution is -2.37. The Kier molecular flexibility index (Phi) is 7.86. The number of likely N-dealkylation sites (tertiary alicyclic amines) is 1. The van der Waals surface area contributed by atoms with E-state index < -0.39 is 0 Å². The number of amides is 1. The molecule has 0 spiro atoms. The molecule has 0 saturated carbocycles. The van der Waals surface area contributed by atoms with Crippen LogP contribution < -0.4 is 10.6 Å². The van der Waals surface area contributed by atoms with E-state index in [1.807, 2.05) is 36.4 Å². The molecule has 1 aliphatic heterocycles. The Morgan fingerprint density at radius 2 is 1.85 bits per heavy atom. The fraction of sp³-hybridized carbons (Fsp3) is 0.308. The molecule has 1 aliphatic rings. The van der Waals surface area contributed by atoms with Crippen molar-refractivity contribution in [3.8, 4) is 0 Å². The number of nitrogens with one attached hydrogen (secondary N) is 2. The van der Waals surface area contributed by atoms with Gasteiger partial charge in [0.25, 0.3) is 5.91 Å². The first-order valence-electron chi connectivity index (χ1n) is 11.2. The standard InChI is InChI=1S/C26H28Cl2N4O/c1-18(20-5-4-6-21(27)15-20)32-13-11-19(12-14-32)16-29-24-8-3-2-7-23(24)26(33)31-25-10-9-22(28)17-30-25/h2-10,15,17-19,29H,11-14,16H2,1H3,(H,30,31,33). The van der Waals surface area contributed by atoms with E-state index in [-0.39, 0.29) is 5.91 Å². The van der Waals surface area contributed by atoms with Gasteiger partial charge in [0.2, 0.25) is 0 Å². The van der Waals surface area contributed by atoms with Crippen LogP contribution in [0.4, 0.5) is 11.5 Å². The van der Waals surface area contributed by atoms with Crippen LogP contribution in [0.5, 0.6) is 0 Å². The number of anilines is 2. The molecule has 1 aromatic heterocycles. The second kappa shape index (κ2) is 11.0. The van der Waals surface area contributed by atoms with Gasteiger partial charge in [-0.2, -0.15) is 0 Å². The molecule has 2 N–H and O–H groups in total. The van der Waals surface area contributed by atoms with E-state index in [4.69, 9.17) is 23.2 Å². The van der Waals surface area contributed by atoms with E-state index >= 15 is 0 Å². The first kappa shape index (κ1) is 23.6. The van der Waals surface area contributed by atoms with E-state index in [1.54, 1.807) is 12.1 Å². The summed E-state index contributed by atoms with van der Waals surface area (Å²) in [5, 5.41) is 7.66. The van der Waals surface area contributed by atoms with E-state index in [0.717, 1.165) is 43.2 Å². The van der Waals surface area contributed by atoms with Crippen LogP contribution in [-0.4, -0.2) is 35.4 Å². The summed E-state index contributed by atoms with van der Waals surface area (Å²) in [6, 6.07) is 19.4. The van der Waals surface area contributed by atoms with Gasteiger partial charge in [-0.15, -0.1) is 0 Å². The van der Waals surface area contributed by atoms with Crippen molar-refractivity contribution in [2.75, 3.05) is 30.3 Å². The highest BCUT2D eigenvalue weighted by Crippen LogP contribution is 2.28. The van der Waals surface area contributed by atoms with Crippen molar-refractivity contribution in [1.29, 1.82) is 0 Å². The smallest absolute Gasteiger partial charge is 0.258 e. The summed E-state index contributed by atoms with van der Waals surface area (Å²) in [7, 11) is 0. The summed E-state index contributed by atoms with van der Waals surface area (Å²) in [6.45, 7) is 5.17. The molecule has 1 fully saturated rings. The summed E-state index contributed by atoms with van der Waals surface area (Å²) < 4.78 is 0. The highest BCUT2D eigenvalue weighted by atomic mass is 35.5. The first-order chi connectivity index (χ1) is 16.0. The number of rotatable bonds is 7.